The van der Waals surface area contributed by atoms with Crippen molar-refractivity contribution in [2.24, 2.45) is 0 Å². The summed E-state index contributed by atoms with van der Waals surface area (Å²) in [4.78, 5) is 24.0. The van der Waals surface area contributed by atoms with Crippen LogP contribution in [-0.4, -0.2) is 41.8 Å². The Morgan fingerprint density at radius 3 is 2.74 bits per heavy atom. The lowest BCUT2D eigenvalue weighted by atomic mass is 10.00. The number of pyridine rings is 2. The first-order valence-corrected chi connectivity index (χ1v) is 11.2. The fourth-order valence-corrected chi connectivity index (χ4v) is 4.40. The molecule has 0 spiro atoms. The van der Waals surface area contributed by atoms with E-state index in [-0.39, 0.29) is 23.7 Å². The molecule has 174 valence electrons. The third kappa shape index (κ3) is 3.68. The molecule has 6 rings (SSSR count). The summed E-state index contributed by atoms with van der Waals surface area (Å²) in [6, 6.07) is 11.8. The van der Waals surface area contributed by atoms with Gasteiger partial charge in [0.1, 0.15) is 5.82 Å². The average molecular weight is 468 g/mol. The van der Waals surface area contributed by atoms with E-state index < -0.39 is 0 Å². The summed E-state index contributed by atoms with van der Waals surface area (Å²) in [5, 5.41) is 8.56. The normalized spacial score (nSPS) is 14.3. The van der Waals surface area contributed by atoms with Gasteiger partial charge in [-0.3, -0.25) is 14.5 Å². The summed E-state index contributed by atoms with van der Waals surface area (Å²) < 4.78 is 16.7. The maximum absolute atomic E-state index is 13.5. The molecule has 5 heterocycles. The molecule has 1 aromatic carbocycles. The molecule has 10 heteroatoms. The van der Waals surface area contributed by atoms with Gasteiger partial charge in [0.2, 0.25) is 5.95 Å². The number of nitrogens with zero attached hydrogens (tertiary/aromatic N) is 7. The van der Waals surface area contributed by atoms with Crippen LogP contribution >= 0.6 is 0 Å². The first-order valence-electron chi connectivity index (χ1n) is 11.2. The Morgan fingerprint density at radius 1 is 1.09 bits per heavy atom. The molecule has 0 radical (unpaired) electrons. The van der Waals surface area contributed by atoms with Crippen molar-refractivity contribution in [3.05, 3.63) is 89.9 Å². The smallest absolute Gasteiger partial charge is 0.260 e. The second-order valence-electron chi connectivity index (χ2n) is 8.52. The van der Waals surface area contributed by atoms with E-state index in [2.05, 4.69) is 20.2 Å². The highest BCUT2D eigenvalue weighted by molar-refractivity contribution is 6.08. The van der Waals surface area contributed by atoms with E-state index in [1.807, 2.05) is 31.3 Å². The number of halogens is 1. The zero-order valence-corrected chi connectivity index (χ0v) is 18.8. The first kappa shape index (κ1) is 21.0. The van der Waals surface area contributed by atoms with Crippen molar-refractivity contribution >= 4 is 23.2 Å². The number of nitrogens with two attached hydrogens (primary N) is 1. The Labute approximate surface area is 199 Å². The number of carbonyl (C=O) groups excluding carboxylic acids is 1. The molecule has 0 aliphatic carbocycles. The topological polar surface area (TPSA) is 107 Å². The van der Waals surface area contributed by atoms with Crippen molar-refractivity contribution in [2.75, 3.05) is 17.2 Å². The first-order chi connectivity index (χ1) is 17.0. The second-order valence-corrected chi connectivity index (χ2v) is 8.52. The van der Waals surface area contributed by atoms with Crippen LogP contribution in [0.3, 0.4) is 0 Å². The van der Waals surface area contributed by atoms with Gasteiger partial charge in [0.15, 0.2) is 5.65 Å². The molecule has 1 unspecified atom stereocenters. The molecular formula is C25H21FN8O. The van der Waals surface area contributed by atoms with Crippen LogP contribution in [0.2, 0.25) is 0 Å². The fourth-order valence-electron chi connectivity index (χ4n) is 4.40. The highest BCUT2D eigenvalue weighted by Crippen LogP contribution is 2.29. The molecule has 4 aromatic heterocycles. The lowest BCUT2D eigenvalue weighted by molar-refractivity contribution is 0.0980. The molecule has 0 bridgehead atoms. The van der Waals surface area contributed by atoms with E-state index in [1.165, 1.54) is 12.1 Å². The third-order valence-corrected chi connectivity index (χ3v) is 6.35. The number of anilines is 2. The largest absolute Gasteiger partial charge is 0.366 e. The minimum Gasteiger partial charge on any atom is -0.366 e. The Hall–Kier alpha value is -4.60. The third-order valence-electron chi connectivity index (χ3n) is 6.35. The van der Waals surface area contributed by atoms with E-state index in [0.717, 1.165) is 22.4 Å². The van der Waals surface area contributed by atoms with Crippen molar-refractivity contribution in [3.8, 4) is 11.1 Å². The van der Waals surface area contributed by atoms with Gasteiger partial charge < -0.3 is 10.6 Å². The molecular weight excluding hydrogens is 447 g/mol. The molecule has 1 aliphatic heterocycles. The minimum atomic E-state index is -0.279. The number of rotatable bonds is 4. The predicted octanol–water partition coefficient (Wildman–Crippen LogP) is 3.52. The van der Waals surface area contributed by atoms with Crippen LogP contribution in [0.4, 0.5) is 16.0 Å². The van der Waals surface area contributed by atoms with Gasteiger partial charge in [0, 0.05) is 37.1 Å². The molecule has 35 heavy (non-hydrogen) atoms. The number of nitrogen functional groups attached to an aromatic ring is 1. The summed E-state index contributed by atoms with van der Waals surface area (Å²) in [6.07, 6.45) is 7.72. The Balaban J connectivity index is 1.29. The zero-order chi connectivity index (χ0) is 24.1. The minimum absolute atomic E-state index is 0.106. The molecule has 1 atom stereocenters. The SMILES string of the molecule is CC(c1ccc(F)cc1)n1cc(N2CCc3ncc(-c4ccn5nc(N)nc5c4)cc3C2=O)cn1. The Morgan fingerprint density at radius 2 is 1.91 bits per heavy atom. The molecule has 9 nitrogen and oxygen atoms in total. The molecule has 0 saturated carbocycles. The monoisotopic (exact) mass is 468 g/mol. The van der Waals surface area contributed by atoms with Crippen LogP contribution in [0, 0.1) is 5.82 Å². The molecule has 1 amide bonds. The van der Waals surface area contributed by atoms with E-state index in [1.54, 1.807) is 44.8 Å². The molecule has 5 aromatic rings. The summed E-state index contributed by atoms with van der Waals surface area (Å²) >= 11 is 0. The maximum atomic E-state index is 13.5. The van der Waals surface area contributed by atoms with Crippen molar-refractivity contribution in [1.29, 1.82) is 0 Å². The van der Waals surface area contributed by atoms with Crippen molar-refractivity contribution < 1.29 is 9.18 Å². The number of benzene rings is 1. The molecule has 1 aliphatic rings. The summed E-state index contributed by atoms with van der Waals surface area (Å²) in [5.41, 5.74) is 11.0. The van der Waals surface area contributed by atoms with Crippen LogP contribution in [-0.2, 0) is 6.42 Å². The van der Waals surface area contributed by atoms with Crippen LogP contribution < -0.4 is 10.6 Å². The number of hydrogen-bond acceptors (Lipinski definition) is 6. The summed E-state index contributed by atoms with van der Waals surface area (Å²) in [6.45, 7) is 2.49. The van der Waals surface area contributed by atoms with Crippen LogP contribution in [0.5, 0.6) is 0 Å². The van der Waals surface area contributed by atoms with E-state index in [4.69, 9.17) is 5.73 Å². The van der Waals surface area contributed by atoms with E-state index in [9.17, 15) is 9.18 Å². The lowest BCUT2D eigenvalue weighted by Gasteiger charge is -2.27. The highest BCUT2D eigenvalue weighted by atomic mass is 19.1. The molecule has 2 N–H and O–H groups in total. The van der Waals surface area contributed by atoms with E-state index in [0.29, 0.717) is 29.9 Å². The van der Waals surface area contributed by atoms with Gasteiger partial charge in [-0.05, 0) is 48.4 Å². The average Bonchev–Trinajstić information content (AvgIpc) is 3.50. The van der Waals surface area contributed by atoms with Crippen LogP contribution in [0.1, 0.15) is 34.6 Å². The number of fused-ring (bicyclic) bond motifs is 2. The summed E-state index contributed by atoms with van der Waals surface area (Å²) in [5.74, 6) is -0.202. The van der Waals surface area contributed by atoms with Crippen molar-refractivity contribution in [1.82, 2.24) is 29.4 Å². The van der Waals surface area contributed by atoms with Gasteiger partial charge in [-0.25, -0.2) is 8.91 Å². The number of hydrogen-bond donors (Lipinski definition) is 1. The highest BCUT2D eigenvalue weighted by Gasteiger charge is 2.28. The second kappa shape index (κ2) is 8.01. The number of carbonyl (C=O) groups is 1. The van der Waals surface area contributed by atoms with Crippen LogP contribution in [0.15, 0.2) is 67.3 Å². The lowest BCUT2D eigenvalue weighted by Crippen LogP contribution is -2.38. The van der Waals surface area contributed by atoms with Gasteiger partial charge >= 0.3 is 0 Å². The summed E-state index contributed by atoms with van der Waals surface area (Å²) in [7, 11) is 0. The zero-order valence-electron chi connectivity index (χ0n) is 18.8. The Bertz CT molecular complexity index is 1570. The van der Waals surface area contributed by atoms with Gasteiger partial charge in [-0.2, -0.15) is 10.1 Å². The van der Waals surface area contributed by atoms with Crippen LogP contribution in [0.25, 0.3) is 16.8 Å². The van der Waals surface area contributed by atoms with E-state index >= 15 is 0 Å². The van der Waals surface area contributed by atoms with Gasteiger partial charge in [-0.15, -0.1) is 5.10 Å². The van der Waals surface area contributed by atoms with Gasteiger partial charge in [0.25, 0.3) is 5.91 Å². The van der Waals surface area contributed by atoms with Gasteiger partial charge in [0.05, 0.1) is 29.2 Å². The number of aromatic nitrogens is 6. The predicted molar refractivity (Wildman–Crippen MR) is 128 cm³/mol. The standard InChI is InChI=1S/C25H21FN8O/c1-15(16-2-4-19(26)5-3-16)34-14-20(13-29-34)32-8-7-22-21(24(32)35)10-18(12-28-22)17-6-9-33-23(11-17)30-25(27)31-33/h2-6,9-15H,7-8H2,1H3,(H2,27,31). The fraction of sp³-hybridized carbons (Fsp3) is 0.160. The number of amides is 1. The van der Waals surface area contributed by atoms with Gasteiger partial charge in [-0.1, -0.05) is 12.1 Å². The van der Waals surface area contributed by atoms with Crippen molar-refractivity contribution in [3.63, 3.8) is 0 Å². The molecule has 0 saturated heterocycles. The quantitative estimate of drug-likeness (QED) is 0.433. The Kier molecular flexibility index (Phi) is 4.80. The maximum Gasteiger partial charge on any atom is 0.260 e. The van der Waals surface area contributed by atoms with Crippen molar-refractivity contribution in [2.45, 2.75) is 19.4 Å². The molecule has 0 fully saturated rings.